The summed E-state index contributed by atoms with van der Waals surface area (Å²) in [5.41, 5.74) is 4.52. The summed E-state index contributed by atoms with van der Waals surface area (Å²) in [6.45, 7) is 1.43. The average molecular weight is 307 g/mol. The fourth-order valence-electron chi connectivity index (χ4n) is 2.03. The SMILES string of the molecule is COc1ccc(CN(C)Cc2nc(NN)ccc2Cl)cc1. The number of benzene rings is 1. The summed E-state index contributed by atoms with van der Waals surface area (Å²) >= 11 is 6.17. The van der Waals surface area contributed by atoms with E-state index < -0.39 is 0 Å². The number of anilines is 1. The van der Waals surface area contributed by atoms with Crippen molar-refractivity contribution in [2.45, 2.75) is 13.1 Å². The van der Waals surface area contributed by atoms with Crippen LogP contribution in [-0.4, -0.2) is 24.0 Å². The van der Waals surface area contributed by atoms with Gasteiger partial charge in [-0.15, -0.1) is 0 Å². The zero-order chi connectivity index (χ0) is 15.2. The van der Waals surface area contributed by atoms with E-state index in [1.165, 1.54) is 5.56 Å². The maximum Gasteiger partial charge on any atom is 0.140 e. The number of methoxy groups -OCH3 is 1. The van der Waals surface area contributed by atoms with Crippen molar-refractivity contribution in [3.05, 3.63) is 52.7 Å². The Bertz CT molecular complexity index is 589. The first-order chi connectivity index (χ1) is 10.1. The van der Waals surface area contributed by atoms with Gasteiger partial charge in [0.2, 0.25) is 0 Å². The summed E-state index contributed by atoms with van der Waals surface area (Å²) in [6, 6.07) is 11.5. The fourth-order valence-corrected chi connectivity index (χ4v) is 2.19. The maximum absolute atomic E-state index is 6.17. The van der Waals surface area contributed by atoms with Gasteiger partial charge in [-0.2, -0.15) is 0 Å². The van der Waals surface area contributed by atoms with Crippen molar-refractivity contribution in [3.63, 3.8) is 0 Å². The first-order valence-corrected chi connectivity index (χ1v) is 6.93. The number of ether oxygens (including phenoxy) is 1. The standard InChI is InChI=1S/C15H19ClN4O/c1-20(9-11-3-5-12(21-2)6-4-11)10-14-13(16)7-8-15(18-14)19-17/h3-8H,9-10,17H2,1-2H3,(H,18,19). The van der Waals surface area contributed by atoms with Crippen LogP contribution in [-0.2, 0) is 13.1 Å². The first-order valence-electron chi connectivity index (χ1n) is 6.56. The van der Waals surface area contributed by atoms with Gasteiger partial charge in [0.25, 0.3) is 0 Å². The number of nitrogens with zero attached hydrogens (tertiary/aromatic N) is 2. The molecule has 0 aliphatic carbocycles. The monoisotopic (exact) mass is 306 g/mol. The summed E-state index contributed by atoms with van der Waals surface area (Å²) in [5.74, 6) is 6.83. The number of halogens is 1. The third-order valence-electron chi connectivity index (χ3n) is 3.10. The van der Waals surface area contributed by atoms with Crippen molar-refractivity contribution in [2.75, 3.05) is 19.6 Å². The van der Waals surface area contributed by atoms with E-state index in [4.69, 9.17) is 22.2 Å². The van der Waals surface area contributed by atoms with E-state index in [2.05, 4.69) is 15.3 Å². The van der Waals surface area contributed by atoms with E-state index >= 15 is 0 Å². The van der Waals surface area contributed by atoms with E-state index in [1.54, 1.807) is 19.2 Å². The Morgan fingerprint density at radius 2 is 1.90 bits per heavy atom. The summed E-state index contributed by atoms with van der Waals surface area (Å²) in [5, 5.41) is 0.635. The molecule has 0 fully saturated rings. The van der Waals surface area contributed by atoms with Crippen molar-refractivity contribution in [3.8, 4) is 5.75 Å². The van der Waals surface area contributed by atoms with Gasteiger partial charge in [0.1, 0.15) is 11.6 Å². The van der Waals surface area contributed by atoms with Crippen LogP contribution in [0.4, 0.5) is 5.82 Å². The highest BCUT2D eigenvalue weighted by Gasteiger charge is 2.08. The summed E-state index contributed by atoms with van der Waals surface area (Å²) < 4.78 is 5.15. The zero-order valence-corrected chi connectivity index (χ0v) is 12.9. The number of nitrogens with two attached hydrogens (primary N) is 1. The summed E-state index contributed by atoms with van der Waals surface area (Å²) in [4.78, 5) is 6.51. The number of nitrogens with one attached hydrogen (secondary N) is 1. The average Bonchev–Trinajstić information content (AvgIpc) is 2.50. The van der Waals surface area contributed by atoms with E-state index in [-0.39, 0.29) is 0 Å². The van der Waals surface area contributed by atoms with E-state index in [9.17, 15) is 0 Å². The Morgan fingerprint density at radius 1 is 1.19 bits per heavy atom. The van der Waals surface area contributed by atoms with Crippen molar-refractivity contribution in [2.24, 2.45) is 5.84 Å². The van der Waals surface area contributed by atoms with Gasteiger partial charge in [0.15, 0.2) is 0 Å². The second-order valence-electron chi connectivity index (χ2n) is 4.79. The Hall–Kier alpha value is -1.82. The van der Waals surface area contributed by atoms with Crippen LogP contribution in [0, 0.1) is 0 Å². The molecule has 1 aromatic heterocycles. The van der Waals surface area contributed by atoms with Gasteiger partial charge in [-0.3, -0.25) is 4.90 Å². The second kappa shape index (κ2) is 7.26. The van der Waals surface area contributed by atoms with Gasteiger partial charge in [-0.05, 0) is 36.9 Å². The molecule has 112 valence electrons. The molecule has 0 radical (unpaired) electrons. The minimum Gasteiger partial charge on any atom is -0.497 e. The highest BCUT2D eigenvalue weighted by atomic mass is 35.5. The molecule has 2 rings (SSSR count). The molecule has 0 atom stereocenters. The molecular formula is C15H19ClN4O. The molecule has 6 heteroatoms. The van der Waals surface area contributed by atoms with Gasteiger partial charge < -0.3 is 10.2 Å². The van der Waals surface area contributed by atoms with Crippen LogP contribution in [0.2, 0.25) is 5.02 Å². The highest BCUT2D eigenvalue weighted by molar-refractivity contribution is 6.31. The Balaban J connectivity index is 2.02. The lowest BCUT2D eigenvalue weighted by atomic mass is 10.2. The molecule has 0 saturated heterocycles. The van der Waals surface area contributed by atoms with Crippen LogP contribution in [0.5, 0.6) is 5.75 Å². The van der Waals surface area contributed by atoms with Gasteiger partial charge >= 0.3 is 0 Å². The number of hydrazine groups is 1. The maximum atomic E-state index is 6.17. The fraction of sp³-hybridized carbons (Fsp3) is 0.267. The summed E-state index contributed by atoms with van der Waals surface area (Å²) in [7, 11) is 3.68. The molecule has 1 aromatic carbocycles. The molecule has 5 nitrogen and oxygen atoms in total. The zero-order valence-electron chi connectivity index (χ0n) is 12.1. The highest BCUT2D eigenvalue weighted by Crippen LogP contribution is 2.19. The number of nitrogen functional groups attached to an aromatic ring is 1. The summed E-state index contributed by atoms with van der Waals surface area (Å²) in [6.07, 6.45) is 0. The molecule has 0 bridgehead atoms. The second-order valence-corrected chi connectivity index (χ2v) is 5.20. The minimum absolute atomic E-state index is 0.604. The molecule has 3 N–H and O–H groups in total. The quantitative estimate of drug-likeness (QED) is 0.634. The Morgan fingerprint density at radius 3 is 2.52 bits per heavy atom. The molecular weight excluding hydrogens is 288 g/mol. The third kappa shape index (κ3) is 4.32. The van der Waals surface area contributed by atoms with Crippen LogP contribution < -0.4 is 16.0 Å². The molecule has 0 aliphatic heterocycles. The number of hydrogen-bond acceptors (Lipinski definition) is 5. The van der Waals surface area contributed by atoms with Crippen LogP contribution in [0.25, 0.3) is 0 Å². The van der Waals surface area contributed by atoms with E-state index in [0.717, 1.165) is 18.0 Å². The normalized spacial score (nSPS) is 10.7. The van der Waals surface area contributed by atoms with Crippen molar-refractivity contribution < 1.29 is 4.74 Å². The molecule has 0 aliphatic rings. The van der Waals surface area contributed by atoms with Gasteiger partial charge in [0, 0.05) is 13.1 Å². The molecule has 0 amide bonds. The largest absolute Gasteiger partial charge is 0.497 e. The topological polar surface area (TPSA) is 63.4 Å². The van der Waals surface area contributed by atoms with E-state index in [1.807, 2.05) is 31.3 Å². The van der Waals surface area contributed by atoms with E-state index in [0.29, 0.717) is 17.4 Å². The predicted octanol–water partition coefficient (Wildman–Crippen LogP) is 2.66. The molecule has 0 spiro atoms. The van der Waals surface area contributed by atoms with Crippen molar-refractivity contribution in [1.29, 1.82) is 0 Å². The molecule has 2 aromatic rings. The van der Waals surface area contributed by atoms with Gasteiger partial charge in [-0.1, -0.05) is 23.7 Å². The molecule has 1 heterocycles. The Labute approximate surface area is 129 Å². The number of hydrogen-bond donors (Lipinski definition) is 2. The van der Waals surface area contributed by atoms with Crippen LogP contribution in [0.3, 0.4) is 0 Å². The third-order valence-corrected chi connectivity index (χ3v) is 3.44. The minimum atomic E-state index is 0.604. The lowest BCUT2D eigenvalue weighted by Crippen LogP contribution is -2.19. The van der Waals surface area contributed by atoms with Crippen molar-refractivity contribution >= 4 is 17.4 Å². The number of pyridine rings is 1. The Kier molecular flexibility index (Phi) is 5.38. The molecule has 0 unspecified atom stereocenters. The smallest absolute Gasteiger partial charge is 0.140 e. The van der Waals surface area contributed by atoms with Gasteiger partial charge in [0.05, 0.1) is 17.8 Å². The first kappa shape index (κ1) is 15.6. The van der Waals surface area contributed by atoms with Gasteiger partial charge in [-0.25, -0.2) is 10.8 Å². The van der Waals surface area contributed by atoms with Crippen molar-refractivity contribution in [1.82, 2.24) is 9.88 Å². The number of rotatable bonds is 6. The van der Waals surface area contributed by atoms with Crippen LogP contribution >= 0.6 is 11.6 Å². The van der Waals surface area contributed by atoms with Crippen LogP contribution in [0.15, 0.2) is 36.4 Å². The van der Waals surface area contributed by atoms with Crippen LogP contribution in [0.1, 0.15) is 11.3 Å². The lowest BCUT2D eigenvalue weighted by molar-refractivity contribution is 0.315. The molecule has 21 heavy (non-hydrogen) atoms. The lowest BCUT2D eigenvalue weighted by Gasteiger charge is -2.17. The predicted molar refractivity (Wildman–Crippen MR) is 85.2 cm³/mol. The molecule has 0 saturated carbocycles. The number of aromatic nitrogens is 1.